The molecule has 1 atom stereocenters. The van der Waals surface area contributed by atoms with Gasteiger partial charge in [-0.2, -0.15) is 0 Å². The maximum atomic E-state index is 12.3. The highest BCUT2D eigenvalue weighted by molar-refractivity contribution is 5.98. The van der Waals surface area contributed by atoms with Gasteiger partial charge in [-0.15, -0.1) is 0 Å². The molecule has 0 saturated carbocycles. The van der Waals surface area contributed by atoms with Gasteiger partial charge in [0.25, 0.3) is 11.6 Å². The highest BCUT2D eigenvalue weighted by Gasteiger charge is 2.26. The molecule has 0 bridgehead atoms. The quantitative estimate of drug-likeness (QED) is 0.510. The summed E-state index contributed by atoms with van der Waals surface area (Å²) in [5.41, 5.74) is 5.71. The van der Waals surface area contributed by atoms with Crippen LogP contribution in [0.4, 0.5) is 11.4 Å². The number of amides is 1. The van der Waals surface area contributed by atoms with Crippen molar-refractivity contribution in [2.24, 2.45) is 0 Å². The second-order valence-electron chi connectivity index (χ2n) is 4.85. The van der Waals surface area contributed by atoms with E-state index in [1.807, 2.05) is 0 Å². The van der Waals surface area contributed by atoms with E-state index in [2.05, 4.69) is 0 Å². The number of nitrogens with zero attached hydrogens (tertiary/aromatic N) is 2. The summed E-state index contributed by atoms with van der Waals surface area (Å²) in [6, 6.07) is 4.00. The smallest absolute Gasteiger partial charge is 0.282 e. The van der Waals surface area contributed by atoms with E-state index in [-0.39, 0.29) is 17.4 Å². The fourth-order valence-corrected chi connectivity index (χ4v) is 2.27. The Hall–Kier alpha value is -2.15. The molecule has 1 aliphatic heterocycles. The van der Waals surface area contributed by atoms with Gasteiger partial charge in [-0.3, -0.25) is 14.9 Å². The van der Waals surface area contributed by atoms with Crippen LogP contribution in [0.5, 0.6) is 0 Å². The fourth-order valence-electron chi connectivity index (χ4n) is 2.27. The van der Waals surface area contributed by atoms with Crippen molar-refractivity contribution in [3.8, 4) is 0 Å². The largest absolute Gasteiger partial charge is 0.399 e. The number of nitrogens with two attached hydrogens (primary N) is 1. The molecule has 1 heterocycles. The van der Waals surface area contributed by atoms with Crippen LogP contribution in [0.1, 0.15) is 23.2 Å². The molecule has 2 N–H and O–H groups in total. The zero-order valence-electron chi connectivity index (χ0n) is 11.2. The van der Waals surface area contributed by atoms with Gasteiger partial charge >= 0.3 is 0 Å². The van der Waals surface area contributed by atoms with Crippen LogP contribution in [0, 0.1) is 10.1 Å². The van der Waals surface area contributed by atoms with Crippen molar-refractivity contribution in [2.45, 2.75) is 18.9 Å². The van der Waals surface area contributed by atoms with Gasteiger partial charge in [0, 0.05) is 32.0 Å². The van der Waals surface area contributed by atoms with Gasteiger partial charge in [0.1, 0.15) is 5.56 Å². The summed E-state index contributed by atoms with van der Waals surface area (Å²) in [7, 11) is 1.61. The minimum atomic E-state index is -0.577. The molecule has 1 fully saturated rings. The molecule has 1 aromatic carbocycles. The van der Waals surface area contributed by atoms with E-state index < -0.39 is 10.8 Å². The molecule has 1 aliphatic rings. The molecule has 1 unspecified atom stereocenters. The summed E-state index contributed by atoms with van der Waals surface area (Å²) in [4.78, 5) is 24.2. The molecule has 20 heavy (non-hydrogen) atoms. The zero-order chi connectivity index (χ0) is 14.7. The lowest BCUT2D eigenvalue weighted by Crippen LogP contribution is -2.34. The molecule has 108 valence electrons. The van der Waals surface area contributed by atoms with Gasteiger partial charge in [-0.25, -0.2) is 0 Å². The van der Waals surface area contributed by atoms with Gasteiger partial charge in [0.15, 0.2) is 0 Å². The number of carbonyl (C=O) groups is 1. The zero-order valence-corrected chi connectivity index (χ0v) is 11.2. The normalized spacial score (nSPS) is 17.9. The number of likely N-dealkylation sites (N-methyl/N-ethyl adjacent to an activating group) is 1. The number of ether oxygens (including phenoxy) is 1. The van der Waals surface area contributed by atoms with Gasteiger partial charge < -0.3 is 15.4 Å². The van der Waals surface area contributed by atoms with E-state index in [1.54, 1.807) is 7.05 Å². The number of hydrogen-bond donors (Lipinski definition) is 1. The minimum absolute atomic E-state index is 0.00376. The Bertz CT molecular complexity index is 526. The topological polar surface area (TPSA) is 98.7 Å². The monoisotopic (exact) mass is 279 g/mol. The molecule has 2 rings (SSSR count). The number of benzene rings is 1. The van der Waals surface area contributed by atoms with Crippen molar-refractivity contribution in [2.75, 3.05) is 25.9 Å². The van der Waals surface area contributed by atoms with Gasteiger partial charge in [0.05, 0.1) is 11.0 Å². The summed E-state index contributed by atoms with van der Waals surface area (Å²) in [5.74, 6) is -0.417. The number of nitrogen functional groups attached to an aromatic ring is 1. The average molecular weight is 279 g/mol. The number of rotatable bonds is 4. The maximum absolute atomic E-state index is 12.3. The molecule has 1 aromatic rings. The van der Waals surface area contributed by atoms with Crippen LogP contribution in [-0.4, -0.2) is 42.0 Å². The third-order valence-corrected chi connectivity index (χ3v) is 3.30. The van der Waals surface area contributed by atoms with Crippen molar-refractivity contribution in [3.05, 3.63) is 33.9 Å². The van der Waals surface area contributed by atoms with Crippen LogP contribution >= 0.6 is 0 Å². The first-order valence-corrected chi connectivity index (χ1v) is 6.40. The van der Waals surface area contributed by atoms with Crippen LogP contribution in [-0.2, 0) is 4.74 Å². The summed E-state index contributed by atoms with van der Waals surface area (Å²) < 4.78 is 5.46. The standard InChI is InChI=1S/C13H17N3O4/c1-15(8-10-3-2-6-20-10)13(17)11-7-9(14)4-5-12(11)16(18)19/h4-5,7,10H,2-3,6,8,14H2,1H3. The summed E-state index contributed by atoms with van der Waals surface area (Å²) >= 11 is 0. The molecule has 7 heteroatoms. The molecule has 1 saturated heterocycles. The van der Waals surface area contributed by atoms with Gasteiger partial charge in [0.2, 0.25) is 0 Å². The first-order valence-electron chi connectivity index (χ1n) is 6.40. The number of hydrogen-bond acceptors (Lipinski definition) is 5. The van der Waals surface area contributed by atoms with Gasteiger partial charge in [-0.1, -0.05) is 0 Å². The third-order valence-electron chi connectivity index (χ3n) is 3.30. The number of anilines is 1. The van der Waals surface area contributed by atoms with E-state index in [0.29, 0.717) is 18.8 Å². The SMILES string of the molecule is CN(CC1CCCO1)C(=O)c1cc(N)ccc1[N+](=O)[O-]. The summed E-state index contributed by atoms with van der Waals surface area (Å²) in [6.45, 7) is 1.12. The minimum Gasteiger partial charge on any atom is -0.399 e. The Morgan fingerprint density at radius 3 is 2.95 bits per heavy atom. The molecule has 0 aliphatic carbocycles. The van der Waals surface area contributed by atoms with E-state index >= 15 is 0 Å². The van der Waals surface area contributed by atoms with Crippen molar-refractivity contribution < 1.29 is 14.5 Å². The highest BCUT2D eigenvalue weighted by atomic mass is 16.6. The van der Waals surface area contributed by atoms with Crippen LogP contribution in [0.3, 0.4) is 0 Å². The van der Waals surface area contributed by atoms with Crippen LogP contribution in [0.15, 0.2) is 18.2 Å². The number of carbonyl (C=O) groups excluding carboxylic acids is 1. The van der Waals surface area contributed by atoms with Crippen LogP contribution < -0.4 is 5.73 Å². The lowest BCUT2D eigenvalue weighted by molar-refractivity contribution is -0.385. The lowest BCUT2D eigenvalue weighted by atomic mass is 10.1. The first-order chi connectivity index (χ1) is 9.49. The van der Waals surface area contributed by atoms with Crippen molar-refractivity contribution in [3.63, 3.8) is 0 Å². The Balaban J connectivity index is 2.18. The average Bonchev–Trinajstić information content (AvgIpc) is 2.90. The molecule has 0 spiro atoms. The van der Waals surface area contributed by atoms with E-state index in [4.69, 9.17) is 10.5 Å². The van der Waals surface area contributed by atoms with Crippen molar-refractivity contribution in [1.82, 2.24) is 4.90 Å². The van der Waals surface area contributed by atoms with Crippen molar-refractivity contribution in [1.29, 1.82) is 0 Å². The van der Waals surface area contributed by atoms with E-state index in [0.717, 1.165) is 12.8 Å². The van der Waals surface area contributed by atoms with Crippen LogP contribution in [0.25, 0.3) is 0 Å². The molecule has 7 nitrogen and oxygen atoms in total. The van der Waals surface area contributed by atoms with E-state index in [9.17, 15) is 14.9 Å². The third kappa shape index (κ3) is 3.05. The Morgan fingerprint density at radius 1 is 1.60 bits per heavy atom. The summed E-state index contributed by atoms with van der Waals surface area (Å²) in [5, 5.41) is 11.0. The Labute approximate surface area is 116 Å². The molecular formula is C13H17N3O4. The van der Waals surface area contributed by atoms with Crippen LogP contribution in [0.2, 0.25) is 0 Å². The molecular weight excluding hydrogens is 262 g/mol. The predicted molar refractivity (Wildman–Crippen MR) is 73.4 cm³/mol. The second kappa shape index (κ2) is 5.87. The lowest BCUT2D eigenvalue weighted by Gasteiger charge is -2.20. The molecule has 0 radical (unpaired) electrons. The molecule has 1 amide bonds. The second-order valence-corrected chi connectivity index (χ2v) is 4.85. The number of nitro groups is 1. The summed E-state index contributed by atoms with van der Waals surface area (Å²) in [6.07, 6.45) is 1.88. The van der Waals surface area contributed by atoms with Crippen molar-refractivity contribution >= 4 is 17.3 Å². The van der Waals surface area contributed by atoms with Gasteiger partial charge in [-0.05, 0) is 25.0 Å². The Morgan fingerprint density at radius 2 is 2.35 bits per heavy atom. The molecule has 0 aromatic heterocycles. The Kier molecular flexibility index (Phi) is 4.19. The first kappa shape index (κ1) is 14.3. The highest BCUT2D eigenvalue weighted by Crippen LogP contribution is 2.23. The number of nitro benzene ring substituents is 1. The predicted octanol–water partition coefficient (Wildman–Crippen LogP) is 1.43. The fraction of sp³-hybridized carbons (Fsp3) is 0.462. The maximum Gasteiger partial charge on any atom is 0.282 e. The van der Waals surface area contributed by atoms with E-state index in [1.165, 1.54) is 23.1 Å².